The van der Waals surface area contributed by atoms with Crippen molar-refractivity contribution in [2.45, 2.75) is 13.3 Å². The lowest BCUT2D eigenvalue weighted by molar-refractivity contribution is -0.121. The van der Waals surface area contributed by atoms with E-state index in [-0.39, 0.29) is 11.7 Å². The van der Waals surface area contributed by atoms with Gasteiger partial charge in [-0.2, -0.15) is 0 Å². The van der Waals surface area contributed by atoms with Gasteiger partial charge in [-0.1, -0.05) is 41.1 Å². The first-order chi connectivity index (χ1) is 12.4. The molecule has 1 aliphatic rings. The maximum Gasteiger partial charge on any atom is 0.266 e. The normalized spacial score (nSPS) is 17.5. The average Bonchev–Trinajstić information content (AvgIpc) is 2.87. The molecule has 0 aliphatic carbocycles. The molecule has 0 spiro atoms. The van der Waals surface area contributed by atoms with E-state index >= 15 is 0 Å². The van der Waals surface area contributed by atoms with Gasteiger partial charge < -0.3 is 5.11 Å². The van der Waals surface area contributed by atoms with Crippen LogP contribution in [0.3, 0.4) is 0 Å². The Morgan fingerprint density at radius 2 is 2.00 bits per heavy atom. The third-order valence-electron chi connectivity index (χ3n) is 3.94. The molecule has 0 atom stereocenters. The zero-order chi connectivity index (χ0) is 18.8. The topological polar surface area (TPSA) is 52.9 Å². The van der Waals surface area contributed by atoms with E-state index in [1.54, 1.807) is 25.3 Å². The molecular formula is C19H16Br2N2O2S. The molecule has 4 nitrogen and oxygen atoms in total. The summed E-state index contributed by atoms with van der Waals surface area (Å²) in [5.74, 6) is -0.0447. The first-order valence-electron chi connectivity index (χ1n) is 7.93. The van der Waals surface area contributed by atoms with Gasteiger partial charge in [0.1, 0.15) is 5.75 Å². The van der Waals surface area contributed by atoms with E-state index in [1.165, 1.54) is 16.7 Å². The number of amidine groups is 1. The van der Waals surface area contributed by atoms with Crippen LogP contribution in [-0.4, -0.2) is 28.1 Å². The lowest BCUT2D eigenvalue weighted by atomic mass is 10.1. The molecule has 2 aromatic carbocycles. The first-order valence-corrected chi connectivity index (χ1v) is 10.3. The summed E-state index contributed by atoms with van der Waals surface area (Å²) in [5, 5.41) is 10.8. The molecule has 0 saturated carbocycles. The van der Waals surface area contributed by atoms with Gasteiger partial charge in [0.2, 0.25) is 0 Å². The Bertz CT molecular complexity index is 941. The minimum absolute atomic E-state index is 0.0958. The second kappa shape index (κ2) is 7.98. The number of benzene rings is 2. The van der Waals surface area contributed by atoms with Crippen molar-refractivity contribution in [1.82, 2.24) is 4.90 Å². The Morgan fingerprint density at radius 1 is 1.27 bits per heavy atom. The number of likely N-dealkylation sites (N-methyl/N-ethyl adjacent to an activating group) is 1. The molecule has 1 heterocycles. The molecule has 1 N–H and O–H groups in total. The van der Waals surface area contributed by atoms with Gasteiger partial charge in [0.15, 0.2) is 5.17 Å². The second-order valence-corrected chi connectivity index (χ2v) is 8.46. The Morgan fingerprint density at radius 3 is 2.73 bits per heavy atom. The molecule has 3 rings (SSSR count). The van der Waals surface area contributed by atoms with Gasteiger partial charge in [-0.05, 0) is 64.0 Å². The highest BCUT2D eigenvalue weighted by molar-refractivity contribution is 9.11. The predicted molar refractivity (Wildman–Crippen MR) is 115 cm³/mol. The summed E-state index contributed by atoms with van der Waals surface area (Å²) < 4.78 is 1.37. The summed E-state index contributed by atoms with van der Waals surface area (Å²) in [6.45, 7) is 2.08. The highest BCUT2D eigenvalue weighted by atomic mass is 79.9. The van der Waals surface area contributed by atoms with Crippen LogP contribution in [-0.2, 0) is 11.2 Å². The van der Waals surface area contributed by atoms with Crippen molar-refractivity contribution in [1.29, 1.82) is 0 Å². The highest BCUT2D eigenvalue weighted by Gasteiger charge is 2.30. The predicted octanol–water partition coefficient (Wildman–Crippen LogP) is 5.71. The number of thioether (sulfide) groups is 1. The lowest BCUT2D eigenvalue weighted by Gasteiger charge is -2.08. The molecule has 0 radical (unpaired) electrons. The van der Waals surface area contributed by atoms with Crippen LogP contribution in [0.2, 0.25) is 0 Å². The lowest BCUT2D eigenvalue weighted by Crippen LogP contribution is -2.23. The van der Waals surface area contributed by atoms with E-state index in [1.807, 2.05) is 24.3 Å². The van der Waals surface area contributed by atoms with Crippen molar-refractivity contribution in [3.8, 4) is 5.75 Å². The van der Waals surface area contributed by atoms with E-state index < -0.39 is 0 Å². The van der Waals surface area contributed by atoms with Crippen LogP contribution < -0.4 is 0 Å². The number of aryl methyl sites for hydroxylation is 1. The number of amides is 1. The van der Waals surface area contributed by atoms with E-state index in [0.29, 0.717) is 20.1 Å². The van der Waals surface area contributed by atoms with Crippen LogP contribution in [0.15, 0.2) is 55.2 Å². The molecular weight excluding hydrogens is 480 g/mol. The maximum atomic E-state index is 12.6. The zero-order valence-electron chi connectivity index (χ0n) is 14.2. The van der Waals surface area contributed by atoms with Crippen LogP contribution >= 0.6 is 43.6 Å². The van der Waals surface area contributed by atoms with Crippen molar-refractivity contribution < 1.29 is 9.90 Å². The third-order valence-corrected chi connectivity index (χ3v) is 6.06. The summed E-state index contributed by atoms with van der Waals surface area (Å²) in [6.07, 6.45) is 2.56. The summed E-state index contributed by atoms with van der Waals surface area (Å²) in [5.41, 5.74) is 2.56. The van der Waals surface area contributed by atoms with Gasteiger partial charge in [0.05, 0.1) is 15.1 Å². The molecule has 1 saturated heterocycles. The van der Waals surface area contributed by atoms with Gasteiger partial charge >= 0.3 is 0 Å². The van der Waals surface area contributed by atoms with Crippen LogP contribution in [0.1, 0.15) is 18.1 Å². The number of para-hydroxylation sites is 1. The van der Waals surface area contributed by atoms with E-state index in [4.69, 9.17) is 0 Å². The van der Waals surface area contributed by atoms with E-state index in [9.17, 15) is 9.90 Å². The third kappa shape index (κ3) is 3.89. The Hall–Kier alpha value is -1.57. The zero-order valence-corrected chi connectivity index (χ0v) is 18.2. The molecule has 0 unspecified atom stereocenters. The number of carbonyl (C=O) groups excluding carboxylic acids is 1. The first kappa shape index (κ1) is 19.2. The standard InChI is InChI=1S/C19H16Br2N2O2S/c1-3-11-6-4-5-7-15(11)22-19-23(2)18(25)16(26-19)9-12-8-13(20)10-14(21)17(12)24/h4-10,24H,3H2,1-2H3/b16-9+,22-19?. The Labute approximate surface area is 173 Å². The number of rotatable bonds is 3. The minimum Gasteiger partial charge on any atom is -0.506 e. The van der Waals surface area contributed by atoms with Gasteiger partial charge in [-0.3, -0.25) is 9.69 Å². The molecule has 0 aromatic heterocycles. The number of phenolic OH excluding ortho intramolecular Hbond substituents is 1. The smallest absolute Gasteiger partial charge is 0.266 e. The van der Waals surface area contributed by atoms with Crippen molar-refractivity contribution >= 4 is 66.5 Å². The van der Waals surface area contributed by atoms with Crippen LogP contribution in [0.25, 0.3) is 6.08 Å². The van der Waals surface area contributed by atoms with Crippen molar-refractivity contribution in [2.75, 3.05) is 7.05 Å². The average molecular weight is 496 g/mol. The maximum absolute atomic E-state index is 12.6. The number of aliphatic imine (C=N–C) groups is 1. The molecule has 1 fully saturated rings. The SMILES string of the molecule is CCc1ccccc1N=C1S/C(=C/c2cc(Br)cc(Br)c2O)C(=O)N1C. The number of halogens is 2. The molecule has 1 amide bonds. The Kier molecular flexibility index (Phi) is 5.89. The fraction of sp³-hybridized carbons (Fsp3) is 0.158. The fourth-order valence-corrected chi connectivity index (χ4v) is 4.74. The van der Waals surface area contributed by atoms with Crippen LogP contribution in [0, 0.1) is 0 Å². The number of hydrogen-bond acceptors (Lipinski definition) is 4. The highest BCUT2D eigenvalue weighted by Crippen LogP contribution is 2.38. The number of carbonyl (C=O) groups is 1. The van der Waals surface area contributed by atoms with Crippen LogP contribution in [0.4, 0.5) is 5.69 Å². The minimum atomic E-state index is -0.141. The van der Waals surface area contributed by atoms with Gasteiger partial charge in [0.25, 0.3) is 5.91 Å². The molecule has 7 heteroatoms. The van der Waals surface area contributed by atoms with Crippen molar-refractivity contribution in [3.63, 3.8) is 0 Å². The summed E-state index contributed by atoms with van der Waals surface area (Å²) in [4.78, 5) is 19.3. The van der Waals surface area contributed by atoms with Crippen molar-refractivity contribution in [3.05, 3.63) is 61.4 Å². The number of aromatic hydroxyl groups is 1. The summed E-state index contributed by atoms with van der Waals surface area (Å²) >= 11 is 8.01. The van der Waals surface area contributed by atoms with Gasteiger partial charge in [0, 0.05) is 17.1 Å². The van der Waals surface area contributed by atoms with Gasteiger partial charge in [-0.25, -0.2) is 4.99 Å². The quantitative estimate of drug-likeness (QED) is 0.554. The largest absolute Gasteiger partial charge is 0.506 e. The molecule has 0 bridgehead atoms. The number of nitrogens with zero attached hydrogens (tertiary/aromatic N) is 2. The molecule has 26 heavy (non-hydrogen) atoms. The van der Waals surface area contributed by atoms with E-state index in [0.717, 1.165) is 22.1 Å². The molecule has 134 valence electrons. The fourth-order valence-electron chi connectivity index (χ4n) is 2.51. The number of hydrogen-bond donors (Lipinski definition) is 1. The van der Waals surface area contributed by atoms with E-state index in [2.05, 4.69) is 43.8 Å². The molecule has 2 aromatic rings. The van der Waals surface area contributed by atoms with Crippen LogP contribution in [0.5, 0.6) is 5.75 Å². The summed E-state index contributed by atoms with van der Waals surface area (Å²) in [7, 11) is 1.71. The second-order valence-electron chi connectivity index (χ2n) is 5.68. The Balaban J connectivity index is 1.98. The monoisotopic (exact) mass is 494 g/mol. The van der Waals surface area contributed by atoms with Crippen molar-refractivity contribution in [2.24, 2.45) is 4.99 Å². The number of phenols is 1. The van der Waals surface area contributed by atoms with Gasteiger partial charge in [-0.15, -0.1) is 0 Å². The summed E-state index contributed by atoms with van der Waals surface area (Å²) in [6, 6.07) is 11.4. The molecule has 1 aliphatic heterocycles.